The Morgan fingerprint density at radius 2 is 1.60 bits per heavy atom. The Labute approximate surface area is 176 Å². The number of methoxy groups -OCH3 is 2. The highest BCUT2D eigenvalue weighted by atomic mass is 16.5. The average molecular weight is 413 g/mol. The van der Waals surface area contributed by atoms with Crippen molar-refractivity contribution in [1.82, 2.24) is 5.32 Å². The van der Waals surface area contributed by atoms with Crippen LogP contribution in [0.3, 0.4) is 0 Å². The molecule has 30 heavy (non-hydrogen) atoms. The zero-order valence-electron chi connectivity index (χ0n) is 17.7. The molecule has 2 aromatic carbocycles. The molecule has 0 aliphatic heterocycles. The fourth-order valence-corrected chi connectivity index (χ4v) is 2.73. The molecule has 2 aromatic rings. The Kier molecular flexibility index (Phi) is 8.41. The van der Waals surface area contributed by atoms with E-state index >= 15 is 0 Å². The summed E-state index contributed by atoms with van der Waals surface area (Å²) >= 11 is 0. The number of hydrogen-bond donors (Lipinski definition) is 1. The summed E-state index contributed by atoms with van der Waals surface area (Å²) in [5.41, 5.74) is 2.41. The van der Waals surface area contributed by atoms with Crippen LogP contribution in [-0.2, 0) is 20.9 Å². The number of ether oxygens (including phenoxy) is 3. The minimum atomic E-state index is -0.966. The molecular weight excluding hydrogens is 386 g/mol. The van der Waals surface area contributed by atoms with E-state index in [9.17, 15) is 14.4 Å². The van der Waals surface area contributed by atoms with E-state index in [1.165, 1.54) is 14.0 Å². The van der Waals surface area contributed by atoms with Crippen molar-refractivity contribution in [1.29, 1.82) is 0 Å². The molecule has 0 radical (unpaired) electrons. The van der Waals surface area contributed by atoms with Gasteiger partial charge in [0.25, 0.3) is 5.91 Å². The van der Waals surface area contributed by atoms with Gasteiger partial charge in [0.15, 0.2) is 23.4 Å². The fraction of sp³-hybridized carbons (Fsp3) is 0.348. The Morgan fingerprint density at radius 3 is 2.23 bits per heavy atom. The number of ketones is 1. The molecule has 0 aliphatic rings. The maximum absolute atomic E-state index is 12.2. The minimum Gasteiger partial charge on any atom is -0.493 e. The molecule has 0 aromatic heterocycles. The number of rotatable bonds is 10. The largest absolute Gasteiger partial charge is 0.493 e. The number of nitrogens with one attached hydrogen (secondary N) is 1. The van der Waals surface area contributed by atoms with E-state index in [4.69, 9.17) is 14.2 Å². The van der Waals surface area contributed by atoms with Crippen LogP contribution < -0.4 is 14.8 Å². The van der Waals surface area contributed by atoms with Gasteiger partial charge >= 0.3 is 5.97 Å². The molecule has 0 unspecified atom stereocenters. The van der Waals surface area contributed by atoms with E-state index in [2.05, 4.69) is 5.32 Å². The first kappa shape index (κ1) is 22.9. The van der Waals surface area contributed by atoms with Crippen molar-refractivity contribution in [2.24, 2.45) is 0 Å². The highest BCUT2D eigenvalue weighted by Gasteiger charge is 2.19. The maximum atomic E-state index is 12.2. The van der Waals surface area contributed by atoms with Crippen LogP contribution in [0.5, 0.6) is 11.5 Å². The molecule has 0 saturated heterocycles. The first-order valence-electron chi connectivity index (χ1n) is 9.62. The molecule has 0 fully saturated rings. The van der Waals surface area contributed by atoms with Crippen molar-refractivity contribution in [3.05, 3.63) is 59.2 Å². The molecule has 0 spiro atoms. The molecule has 1 N–H and O–H groups in total. The molecule has 7 nitrogen and oxygen atoms in total. The van der Waals surface area contributed by atoms with Crippen LogP contribution in [0.4, 0.5) is 0 Å². The molecule has 0 heterocycles. The quantitative estimate of drug-likeness (QED) is 0.475. The van der Waals surface area contributed by atoms with E-state index in [1.807, 2.05) is 19.1 Å². The van der Waals surface area contributed by atoms with Gasteiger partial charge in [-0.3, -0.25) is 14.4 Å². The molecule has 0 saturated carbocycles. The Balaban J connectivity index is 1.78. The summed E-state index contributed by atoms with van der Waals surface area (Å²) in [7, 11) is 3.08. The lowest BCUT2D eigenvalue weighted by molar-refractivity contribution is -0.154. The van der Waals surface area contributed by atoms with Crippen LogP contribution in [0.2, 0.25) is 0 Å². The SMILES string of the molecule is COc1ccc(CNC(=O)[C@@H](C)OC(=O)CCC(=O)c2ccc(C)cc2)cc1OC. The van der Waals surface area contributed by atoms with Gasteiger partial charge < -0.3 is 19.5 Å². The van der Waals surface area contributed by atoms with Crippen LogP contribution >= 0.6 is 0 Å². The Bertz CT molecular complexity index is 891. The van der Waals surface area contributed by atoms with Gasteiger partial charge in [-0.25, -0.2) is 0 Å². The molecule has 1 atom stereocenters. The van der Waals surface area contributed by atoms with Crippen LogP contribution in [0.1, 0.15) is 41.3 Å². The Morgan fingerprint density at radius 1 is 0.933 bits per heavy atom. The van der Waals surface area contributed by atoms with Gasteiger partial charge in [0.1, 0.15) is 0 Å². The van der Waals surface area contributed by atoms with Gasteiger partial charge in [0, 0.05) is 18.5 Å². The first-order valence-corrected chi connectivity index (χ1v) is 9.62. The number of carbonyl (C=O) groups is 3. The minimum absolute atomic E-state index is 0.0296. The van der Waals surface area contributed by atoms with E-state index in [0.29, 0.717) is 17.1 Å². The van der Waals surface area contributed by atoms with E-state index in [0.717, 1.165) is 11.1 Å². The van der Waals surface area contributed by atoms with E-state index < -0.39 is 18.0 Å². The molecule has 7 heteroatoms. The lowest BCUT2D eigenvalue weighted by Gasteiger charge is -2.14. The first-order chi connectivity index (χ1) is 14.3. The smallest absolute Gasteiger partial charge is 0.307 e. The summed E-state index contributed by atoms with van der Waals surface area (Å²) in [6.07, 6.45) is -1.02. The Hall–Kier alpha value is -3.35. The third-order valence-corrected chi connectivity index (χ3v) is 4.52. The predicted molar refractivity (Wildman–Crippen MR) is 112 cm³/mol. The molecule has 0 bridgehead atoms. The number of esters is 1. The third-order valence-electron chi connectivity index (χ3n) is 4.52. The summed E-state index contributed by atoms with van der Waals surface area (Å²) in [4.78, 5) is 36.3. The molecule has 160 valence electrons. The highest BCUT2D eigenvalue weighted by molar-refractivity contribution is 5.97. The third kappa shape index (κ3) is 6.62. The molecular formula is C23H27NO6. The van der Waals surface area contributed by atoms with Crippen molar-refractivity contribution < 1.29 is 28.6 Å². The number of amides is 1. The highest BCUT2D eigenvalue weighted by Crippen LogP contribution is 2.27. The van der Waals surface area contributed by atoms with Crippen LogP contribution in [0.15, 0.2) is 42.5 Å². The van der Waals surface area contributed by atoms with E-state index in [1.54, 1.807) is 37.4 Å². The van der Waals surface area contributed by atoms with Gasteiger partial charge in [-0.2, -0.15) is 0 Å². The second-order valence-corrected chi connectivity index (χ2v) is 6.83. The van der Waals surface area contributed by atoms with Gasteiger partial charge in [-0.05, 0) is 31.5 Å². The molecule has 2 rings (SSSR count). The number of aryl methyl sites for hydroxylation is 1. The van der Waals surface area contributed by atoms with Crippen molar-refractivity contribution in [2.45, 2.75) is 39.3 Å². The van der Waals surface area contributed by atoms with Crippen LogP contribution in [-0.4, -0.2) is 38.0 Å². The molecule has 1 amide bonds. The number of hydrogen-bond acceptors (Lipinski definition) is 6. The van der Waals surface area contributed by atoms with Gasteiger partial charge in [-0.15, -0.1) is 0 Å². The summed E-state index contributed by atoms with van der Waals surface area (Å²) in [6, 6.07) is 12.4. The van der Waals surface area contributed by atoms with E-state index in [-0.39, 0.29) is 25.2 Å². The van der Waals surface area contributed by atoms with Crippen molar-refractivity contribution in [2.75, 3.05) is 14.2 Å². The summed E-state index contributed by atoms with van der Waals surface area (Å²) in [6.45, 7) is 3.67. The van der Waals surface area contributed by atoms with Crippen LogP contribution in [0, 0.1) is 6.92 Å². The van der Waals surface area contributed by atoms with Crippen LogP contribution in [0.25, 0.3) is 0 Å². The zero-order valence-corrected chi connectivity index (χ0v) is 17.7. The van der Waals surface area contributed by atoms with Crippen molar-refractivity contribution >= 4 is 17.7 Å². The molecule has 0 aliphatic carbocycles. The number of Topliss-reactive ketones (excluding diaryl/α,β-unsaturated/α-hetero) is 1. The van der Waals surface area contributed by atoms with Gasteiger partial charge in [0.05, 0.1) is 20.6 Å². The zero-order chi connectivity index (χ0) is 22.1. The summed E-state index contributed by atoms with van der Waals surface area (Å²) in [5.74, 6) is -0.0123. The number of benzene rings is 2. The lowest BCUT2D eigenvalue weighted by atomic mass is 10.1. The second-order valence-electron chi connectivity index (χ2n) is 6.83. The van der Waals surface area contributed by atoms with Gasteiger partial charge in [-0.1, -0.05) is 35.9 Å². The van der Waals surface area contributed by atoms with Crippen molar-refractivity contribution in [3.63, 3.8) is 0 Å². The van der Waals surface area contributed by atoms with Crippen molar-refractivity contribution in [3.8, 4) is 11.5 Å². The monoisotopic (exact) mass is 413 g/mol. The maximum Gasteiger partial charge on any atom is 0.307 e. The number of carbonyl (C=O) groups excluding carboxylic acids is 3. The summed E-state index contributed by atoms with van der Waals surface area (Å²) < 4.78 is 15.6. The lowest BCUT2D eigenvalue weighted by Crippen LogP contribution is -2.35. The average Bonchev–Trinajstić information content (AvgIpc) is 2.75. The summed E-state index contributed by atoms with van der Waals surface area (Å²) in [5, 5.41) is 2.71. The normalized spacial score (nSPS) is 11.3. The second kappa shape index (κ2) is 11.0. The fourth-order valence-electron chi connectivity index (χ4n) is 2.73. The topological polar surface area (TPSA) is 90.9 Å². The van der Waals surface area contributed by atoms with Gasteiger partial charge in [0.2, 0.25) is 0 Å². The predicted octanol–water partition coefficient (Wildman–Crippen LogP) is 3.22. The standard InChI is InChI=1S/C23H27NO6/c1-15-5-8-18(9-6-15)19(25)10-12-22(26)30-16(2)23(27)24-14-17-7-11-20(28-3)21(13-17)29-4/h5-9,11,13,16H,10,12,14H2,1-4H3,(H,24,27)/t16-/m1/s1.